The minimum absolute atomic E-state index is 0.0723. The lowest BCUT2D eigenvalue weighted by molar-refractivity contribution is -0.151. The first-order chi connectivity index (χ1) is 13.3. The van der Waals surface area contributed by atoms with Crippen LogP contribution in [0.1, 0.15) is 46.0 Å². The van der Waals surface area contributed by atoms with E-state index in [1.54, 1.807) is 0 Å². The van der Waals surface area contributed by atoms with E-state index in [1.165, 1.54) is 22.5 Å². The van der Waals surface area contributed by atoms with Gasteiger partial charge in [0.05, 0.1) is 21.5 Å². The molecule has 0 saturated carbocycles. The van der Waals surface area contributed by atoms with Gasteiger partial charge < -0.3 is 10.1 Å². The molecule has 0 bridgehead atoms. The van der Waals surface area contributed by atoms with Gasteiger partial charge in [0, 0.05) is 13.1 Å². The van der Waals surface area contributed by atoms with E-state index in [1.807, 2.05) is 13.8 Å². The van der Waals surface area contributed by atoms with E-state index in [0.717, 1.165) is 19.3 Å². The van der Waals surface area contributed by atoms with Crippen molar-refractivity contribution in [2.75, 3.05) is 25.0 Å². The van der Waals surface area contributed by atoms with Gasteiger partial charge >= 0.3 is 5.97 Å². The number of halogens is 1. The van der Waals surface area contributed by atoms with Crippen LogP contribution < -0.4 is 5.32 Å². The van der Waals surface area contributed by atoms with Crippen LogP contribution in [-0.2, 0) is 24.3 Å². The van der Waals surface area contributed by atoms with Crippen LogP contribution in [0.25, 0.3) is 0 Å². The summed E-state index contributed by atoms with van der Waals surface area (Å²) in [5.41, 5.74) is 0.170. The van der Waals surface area contributed by atoms with Gasteiger partial charge in [0.25, 0.3) is 5.91 Å². The smallest absolute Gasteiger partial charge is 0.309 e. The van der Waals surface area contributed by atoms with E-state index in [2.05, 4.69) is 5.32 Å². The highest BCUT2D eigenvalue weighted by molar-refractivity contribution is 7.89. The Morgan fingerprint density at radius 1 is 1.18 bits per heavy atom. The van der Waals surface area contributed by atoms with Gasteiger partial charge in [-0.3, -0.25) is 9.59 Å². The molecule has 0 radical (unpaired) electrons. The Kier molecular flexibility index (Phi) is 8.27. The molecule has 1 aromatic carbocycles. The summed E-state index contributed by atoms with van der Waals surface area (Å²) in [6, 6.07) is 4.20. The summed E-state index contributed by atoms with van der Waals surface area (Å²) in [7, 11) is -3.64. The Labute approximate surface area is 171 Å². The van der Waals surface area contributed by atoms with Crippen molar-refractivity contribution in [3.8, 4) is 0 Å². The van der Waals surface area contributed by atoms with Gasteiger partial charge in [-0.2, -0.15) is 4.31 Å². The zero-order valence-corrected chi connectivity index (χ0v) is 17.8. The molecule has 1 N–H and O–H groups in total. The van der Waals surface area contributed by atoms with Crippen molar-refractivity contribution in [2.45, 2.75) is 50.8 Å². The molecule has 9 heteroatoms. The lowest BCUT2D eigenvalue weighted by Crippen LogP contribution is -2.35. The highest BCUT2D eigenvalue weighted by Crippen LogP contribution is 2.28. The van der Waals surface area contributed by atoms with E-state index < -0.39 is 28.5 Å². The van der Waals surface area contributed by atoms with Gasteiger partial charge in [-0.05, 0) is 43.9 Å². The zero-order valence-electron chi connectivity index (χ0n) is 16.2. The average Bonchev–Trinajstić information content (AvgIpc) is 2.69. The van der Waals surface area contributed by atoms with Gasteiger partial charge in [-0.1, -0.05) is 31.9 Å². The van der Waals surface area contributed by atoms with E-state index in [9.17, 15) is 18.0 Å². The molecule has 0 spiro atoms. The lowest BCUT2D eigenvalue weighted by atomic mass is 10.0. The highest BCUT2D eigenvalue weighted by Gasteiger charge is 2.26. The topological polar surface area (TPSA) is 92.8 Å². The van der Waals surface area contributed by atoms with Crippen LogP contribution in [0.15, 0.2) is 23.1 Å². The third-order valence-electron chi connectivity index (χ3n) is 4.83. The second-order valence-corrected chi connectivity index (χ2v) is 9.12. The van der Waals surface area contributed by atoms with Crippen molar-refractivity contribution in [3.05, 3.63) is 23.2 Å². The van der Waals surface area contributed by atoms with Crippen molar-refractivity contribution in [3.63, 3.8) is 0 Å². The predicted molar refractivity (Wildman–Crippen MR) is 108 cm³/mol. The number of amides is 1. The van der Waals surface area contributed by atoms with Crippen LogP contribution in [0, 0.1) is 5.92 Å². The van der Waals surface area contributed by atoms with Crippen molar-refractivity contribution in [1.29, 1.82) is 0 Å². The Hall–Kier alpha value is -1.64. The molecule has 156 valence electrons. The van der Waals surface area contributed by atoms with Crippen molar-refractivity contribution in [1.82, 2.24) is 4.31 Å². The Balaban J connectivity index is 2.06. The fourth-order valence-electron chi connectivity index (χ4n) is 3.08. The number of anilines is 1. The van der Waals surface area contributed by atoms with Crippen LogP contribution in [0.2, 0.25) is 5.02 Å². The molecule has 0 atom stereocenters. The number of nitrogens with one attached hydrogen (secondary N) is 1. The minimum atomic E-state index is -3.64. The predicted octanol–water partition coefficient (Wildman–Crippen LogP) is 3.43. The third kappa shape index (κ3) is 5.68. The Morgan fingerprint density at radius 3 is 2.43 bits per heavy atom. The van der Waals surface area contributed by atoms with Crippen LogP contribution in [0.3, 0.4) is 0 Å². The van der Waals surface area contributed by atoms with Gasteiger partial charge in [0.2, 0.25) is 10.0 Å². The molecule has 0 aromatic heterocycles. The second-order valence-electron chi connectivity index (χ2n) is 6.78. The molecular weight excluding hydrogens is 404 g/mol. The summed E-state index contributed by atoms with van der Waals surface area (Å²) in [6.07, 6.45) is 3.96. The molecule has 1 fully saturated rings. The van der Waals surface area contributed by atoms with Crippen LogP contribution in [0.5, 0.6) is 0 Å². The summed E-state index contributed by atoms with van der Waals surface area (Å²) in [5, 5.41) is 2.73. The number of carbonyl (C=O) groups excluding carboxylic acids is 2. The maximum atomic E-state index is 12.8. The second kappa shape index (κ2) is 10.2. The van der Waals surface area contributed by atoms with Crippen LogP contribution in [-0.4, -0.2) is 44.3 Å². The van der Waals surface area contributed by atoms with Crippen molar-refractivity contribution < 1.29 is 22.7 Å². The van der Waals surface area contributed by atoms with E-state index >= 15 is 0 Å². The largest absolute Gasteiger partial charge is 0.455 e. The lowest BCUT2D eigenvalue weighted by Gasteiger charge is -2.26. The number of nitrogens with zero attached hydrogens (tertiary/aromatic N) is 1. The Bertz CT molecular complexity index is 803. The number of piperidine rings is 1. The SMILES string of the molecule is CCC(CC)C(=O)OCC(=O)Nc1cc(S(=O)(=O)N2CCCCC2)ccc1Cl. The molecule has 1 amide bonds. The molecule has 2 rings (SSSR count). The van der Waals surface area contributed by atoms with Gasteiger partial charge in [0.1, 0.15) is 0 Å². The number of benzene rings is 1. The molecule has 1 aliphatic rings. The molecule has 0 unspecified atom stereocenters. The van der Waals surface area contributed by atoms with Crippen LogP contribution >= 0.6 is 11.6 Å². The standard InChI is InChI=1S/C19H27ClN2O5S/c1-3-14(4-2)19(24)27-13-18(23)21-17-12-15(8-9-16(17)20)28(25,26)22-10-6-5-7-11-22/h8-9,12,14H,3-7,10-11,13H2,1-2H3,(H,21,23). The molecule has 0 aliphatic carbocycles. The van der Waals surface area contributed by atoms with Crippen molar-refractivity contribution >= 4 is 39.2 Å². The highest BCUT2D eigenvalue weighted by atomic mass is 35.5. The number of sulfonamides is 1. The number of carbonyl (C=O) groups is 2. The molecular formula is C19H27ClN2O5S. The van der Waals surface area contributed by atoms with E-state index in [-0.39, 0.29) is 21.5 Å². The number of esters is 1. The summed E-state index contributed by atoms with van der Waals surface area (Å²) >= 11 is 6.10. The number of ether oxygens (including phenoxy) is 1. The maximum absolute atomic E-state index is 12.8. The van der Waals surface area contributed by atoms with E-state index in [0.29, 0.717) is 25.9 Å². The van der Waals surface area contributed by atoms with Gasteiger partial charge in [-0.25, -0.2) is 8.42 Å². The Morgan fingerprint density at radius 2 is 1.82 bits per heavy atom. The molecule has 7 nitrogen and oxygen atoms in total. The fourth-order valence-corrected chi connectivity index (χ4v) is 4.79. The maximum Gasteiger partial charge on any atom is 0.309 e. The van der Waals surface area contributed by atoms with Gasteiger partial charge in [-0.15, -0.1) is 0 Å². The summed E-state index contributed by atoms with van der Waals surface area (Å²) < 4.78 is 32.1. The molecule has 1 heterocycles. The summed E-state index contributed by atoms with van der Waals surface area (Å²) in [4.78, 5) is 24.1. The first-order valence-corrected chi connectivity index (χ1v) is 11.4. The molecule has 1 aliphatic heterocycles. The number of hydrogen-bond donors (Lipinski definition) is 1. The summed E-state index contributed by atoms with van der Waals surface area (Å²) in [6.45, 7) is 4.28. The van der Waals surface area contributed by atoms with E-state index in [4.69, 9.17) is 16.3 Å². The molecule has 1 aromatic rings. The minimum Gasteiger partial charge on any atom is -0.455 e. The molecule has 28 heavy (non-hydrogen) atoms. The number of rotatable bonds is 8. The van der Waals surface area contributed by atoms with Crippen LogP contribution in [0.4, 0.5) is 5.69 Å². The third-order valence-corrected chi connectivity index (χ3v) is 7.05. The fraction of sp³-hybridized carbons (Fsp3) is 0.579. The average molecular weight is 431 g/mol. The monoisotopic (exact) mass is 430 g/mol. The first-order valence-electron chi connectivity index (χ1n) is 9.55. The first kappa shape index (κ1) is 22.6. The normalized spacial score (nSPS) is 15.4. The molecule has 1 saturated heterocycles. The van der Waals surface area contributed by atoms with Gasteiger partial charge in [0.15, 0.2) is 6.61 Å². The summed E-state index contributed by atoms with van der Waals surface area (Å²) in [5.74, 6) is -1.24. The van der Waals surface area contributed by atoms with Crippen molar-refractivity contribution in [2.24, 2.45) is 5.92 Å². The quantitative estimate of drug-likeness (QED) is 0.637. The number of hydrogen-bond acceptors (Lipinski definition) is 5. The zero-order chi connectivity index (χ0) is 20.7.